The average molecular weight is 624 g/mol. The second kappa shape index (κ2) is 11.0. The van der Waals surface area contributed by atoms with E-state index in [1.165, 1.54) is 54.1 Å². The Hall–Kier alpha value is -6.58. The van der Waals surface area contributed by atoms with E-state index in [-0.39, 0.29) is 0 Å². The second-order valence-corrected chi connectivity index (χ2v) is 12.6. The van der Waals surface area contributed by atoms with E-state index < -0.39 is 0 Å². The Kier molecular flexibility index (Phi) is 6.18. The number of nitrogens with zero attached hydrogens (tertiary/aromatic N) is 3. The fraction of sp³-hybridized carbons (Fsp3) is 0. The van der Waals surface area contributed by atoms with Gasteiger partial charge in [-0.1, -0.05) is 146 Å². The molecular formula is C46H29N3. The van der Waals surface area contributed by atoms with Crippen molar-refractivity contribution in [1.82, 2.24) is 14.5 Å². The molecule has 0 aliphatic rings. The van der Waals surface area contributed by atoms with Gasteiger partial charge in [-0.15, -0.1) is 0 Å². The van der Waals surface area contributed by atoms with Gasteiger partial charge in [0.25, 0.3) is 0 Å². The molecule has 0 unspecified atom stereocenters. The molecule has 8 aromatic carbocycles. The van der Waals surface area contributed by atoms with Crippen LogP contribution >= 0.6 is 0 Å². The first-order chi connectivity index (χ1) is 24.3. The SMILES string of the molecule is c1ccc(-c2nc(-c3cccc(-n4c5ccc6ccccc6c5c5c6ccccc6ccc54)c3)cc(-c3cccc4ccccc34)n2)cc1. The summed E-state index contributed by atoms with van der Waals surface area (Å²) >= 11 is 0. The quantitative estimate of drug-likeness (QED) is 0.195. The third kappa shape index (κ3) is 4.44. The predicted octanol–water partition coefficient (Wildman–Crippen LogP) is 12.0. The smallest absolute Gasteiger partial charge is 0.160 e. The highest BCUT2D eigenvalue weighted by Crippen LogP contribution is 2.41. The van der Waals surface area contributed by atoms with Crippen LogP contribution in [-0.4, -0.2) is 14.5 Å². The van der Waals surface area contributed by atoms with Crippen LogP contribution in [0.4, 0.5) is 0 Å². The summed E-state index contributed by atoms with van der Waals surface area (Å²) in [4.78, 5) is 10.3. The summed E-state index contributed by atoms with van der Waals surface area (Å²) in [6.07, 6.45) is 0. The number of benzene rings is 8. The van der Waals surface area contributed by atoms with Gasteiger partial charge < -0.3 is 4.57 Å². The molecule has 0 aliphatic heterocycles. The highest BCUT2D eigenvalue weighted by molar-refractivity contribution is 6.28. The zero-order chi connectivity index (χ0) is 32.3. The van der Waals surface area contributed by atoms with Crippen molar-refractivity contribution >= 4 is 54.1 Å². The van der Waals surface area contributed by atoms with Gasteiger partial charge in [0, 0.05) is 33.2 Å². The van der Waals surface area contributed by atoms with Gasteiger partial charge in [-0.3, -0.25) is 0 Å². The molecule has 2 heterocycles. The molecule has 0 saturated heterocycles. The van der Waals surface area contributed by atoms with E-state index in [0.717, 1.165) is 33.8 Å². The molecule has 0 saturated carbocycles. The van der Waals surface area contributed by atoms with Gasteiger partial charge in [0.1, 0.15) is 0 Å². The van der Waals surface area contributed by atoms with Crippen molar-refractivity contribution in [1.29, 1.82) is 0 Å². The summed E-state index contributed by atoms with van der Waals surface area (Å²) < 4.78 is 2.41. The van der Waals surface area contributed by atoms with E-state index >= 15 is 0 Å². The average Bonchev–Trinajstić information content (AvgIpc) is 3.53. The van der Waals surface area contributed by atoms with E-state index in [0.29, 0.717) is 5.82 Å². The number of rotatable bonds is 4. The first-order valence-corrected chi connectivity index (χ1v) is 16.7. The van der Waals surface area contributed by atoms with Crippen molar-refractivity contribution in [3.05, 3.63) is 176 Å². The summed E-state index contributed by atoms with van der Waals surface area (Å²) in [5.74, 6) is 0.709. The molecule has 0 fully saturated rings. The number of aromatic nitrogens is 3. The van der Waals surface area contributed by atoms with Crippen LogP contribution in [0.25, 0.3) is 93.7 Å². The van der Waals surface area contributed by atoms with Crippen molar-refractivity contribution in [3.8, 4) is 39.6 Å². The lowest BCUT2D eigenvalue weighted by molar-refractivity contribution is 1.17. The molecule has 0 amide bonds. The lowest BCUT2D eigenvalue weighted by atomic mass is 10.00. The maximum atomic E-state index is 5.19. The molecule has 0 N–H and O–H groups in total. The van der Waals surface area contributed by atoms with Crippen molar-refractivity contribution in [3.63, 3.8) is 0 Å². The van der Waals surface area contributed by atoms with Crippen LogP contribution in [0.3, 0.4) is 0 Å². The van der Waals surface area contributed by atoms with Crippen LogP contribution in [0.1, 0.15) is 0 Å². The zero-order valence-electron chi connectivity index (χ0n) is 26.6. The molecular weight excluding hydrogens is 595 g/mol. The van der Waals surface area contributed by atoms with Crippen LogP contribution in [0.5, 0.6) is 0 Å². The highest BCUT2D eigenvalue weighted by Gasteiger charge is 2.18. The van der Waals surface area contributed by atoms with E-state index in [1.54, 1.807) is 0 Å². The van der Waals surface area contributed by atoms with Crippen molar-refractivity contribution in [2.45, 2.75) is 0 Å². The third-order valence-corrected chi connectivity index (χ3v) is 9.77. The van der Waals surface area contributed by atoms with Crippen LogP contribution in [0, 0.1) is 0 Å². The highest BCUT2D eigenvalue weighted by atomic mass is 15.0. The molecule has 0 bridgehead atoms. The summed E-state index contributed by atoms with van der Waals surface area (Å²) in [5.41, 5.74) is 8.37. The number of fused-ring (bicyclic) bond motifs is 8. The molecule has 0 spiro atoms. The minimum absolute atomic E-state index is 0.709. The Morgan fingerprint density at radius 3 is 1.59 bits per heavy atom. The van der Waals surface area contributed by atoms with Crippen molar-refractivity contribution in [2.75, 3.05) is 0 Å². The number of hydrogen-bond donors (Lipinski definition) is 0. The van der Waals surface area contributed by atoms with Crippen molar-refractivity contribution in [2.24, 2.45) is 0 Å². The molecule has 3 heteroatoms. The molecule has 0 aliphatic carbocycles. The molecule has 0 atom stereocenters. The molecule has 2 aromatic heterocycles. The molecule has 3 nitrogen and oxygen atoms in total. The van der Waals surface area contributed by atoms with Crippen molar-refractivity contribution < 1.29 is 0 Å². The van der Waals surface area contributed by atoms with Gasteiger partial charge in [0.15, 0.2) is 5.82 Å². The Balaban J connectivity index is 1.23. The van der Waals surface area contributed by atoms with E-state index in [1.807, 2.05) is 18.2 Å². The summed E-state index contributed by atoms with van der Waals surface area (Å²) in [6.45, 7) is 0. The Morgan fingerprint density at radius 2 is 0.898 bits per heavy atom. The van der Waals surface area contributed by atoms with Crippen LogP contribution in [0.15, 0.2) is 176 Å². The third-order valence-electron chi connectivity index (χ3n) is 9.77. The minimum atomic E-state index is 0.709. The lowest BCUT2D eigenvalue weighted by Gasteiger charge is -2.13. The standard InChI is InChI=1S/C46H29N3/c1-2-15-33(16-3-1)46-47-40(29-41(48-46)39-23-11-17-30-12-4-7-20-36(30)39)34-18-10-19-35(28-34)49-42-26-24-31-13-5-8-21-37(31)44(42)45-38-22-9-6-14-32(38)25-27-43(45)49/h1-29H. The van der Waals surface area contributed by atoms with E-state index in [9.17, 15) is 0 Å². The van der Waals surface area contributed by atoms with Gasteiger partial charge in [0.05, 0.1) is 22.4 Å². The Labute approximate surface area is 283 Å². The summed E-state index contributed by atoms with van der Waals surface area (Å²) in [6, 6.07) is 62.6. The fourth-order valence-electron chi connectivity index (χ4n) is 7.53. The van der Waals surface area contributed by atoms with Gasteiger partial charge in [0.2, 0.25) is 0 Å². The normalized spacial score (nSPS) is 11.7. The maximum Gasteiger partial charge on any atom is 0.160 e. The second-order valence-electron chi connectivity index (χ2n) is 12.6. The van der Waals surface area contributed by atoms with Crippen LogP contribution in [0.2, 0.25) is 0 Å². The van der Waals surface area contributed by atoms with Gasteiger partial charge >= 0.3 is 0 Å². The monoisotopic (exact) mass is 623 g/mol. The molecule has 49 heavy (non-hydrogen) atoms. The Morgan fingerprint density at radius 1 is 0.367 bits per heavy atom. The summed E-state index contributed by atoms with van der Waals surface area (Å²) in [7, 11) is 0. The Bertz CT molecular complexity index is 2790. The van der Waals surface area contributed by atoms with Gasteiger partial charge in [-0.2, -0.15) is 0 Å². The fourth-order valence-corrected chi connectivity index (χ4v) is 7.53. The molecule has 10 rings (SSSR count). The van der Waals surface area contributed by atoms with Crippen LogP contribution < -0.4 is 0 Å². The van der Waals surface area contributed by atoms with Gasteiger partial charge in [-0.05, 0) is 62.6 Å². The van der Waals surface area contributed by atoms with E-state index in [4.69, 9.17) is 9.97 Å². The van der Waals surface area contributed by atoms with E-state index in [2.05, 4.69) is 162 Å². The van der Waals surface area contributed by atoms with Crippen LogP contribution in [-0.2, 0) is 0 Å². The minimum Gasteiger partial charge on any atom is -0.309 e. The molecule has 228 valence electrons. The zero-order valence-corrected chi connectivity index (χ0v) is 26.6. The predicted molar refractivity (Wildman–Crippen MR) is 205 cm³/mol. The van der Waals surface area contributed by atoms with Gasteiger partial charge in [-0.25, -0.2) is 9.97 Å². The summed E-state index contributed by atoms with van der Waals surface area (Å²) in [5, 5.41) is 9.93. The molecule has 0 radical (unpaired) electrons. The largest absolute Gasteiger partial charge is 0.309 e. The topological polar surface area (TPSA) is 30.7 Å². The first kappa shape index (κ1) is 27.5. The maximum absolute atomic E-state index is 5.19. The first-order valence-electron chi connectivity index (χ1n) is 16.7. The lowest BCUT2D eigenvalue weighted by Crippen LogP contribution is -1.98. The molecule has 10 aromatic rings. The number of hydrogen-bond acceptors (Lipinski definition) is 2.